The number of carbonyl (C=O) groups excluding carboxylic acids is 1. The number of methoxy groups -OCH3 is 3. The summed E-state index contributed by atoms with van der Waals surface area (Å²) in [5.74, 6) is 2.44. The van der Waals surface area contributed by atoms with Crippen molar-refractivity contribution in [3.63, 3.8) is 0 Å². The van der Waals surface area contributed by atoms with Gasteiger partial charge in [0.05, 0.1) is 27.2 Å². The smallest absolute Gasteiger partial charge is 0.227 e. The van der Waals surface area contributed by atoms with E-state index in [1.165, 1.54) is 0 Å². The van der Waals surface area contributed by atoms with Gasteiger partial charge in [0, 0.05) is 37.8 Å². The Morgan fingerprint density at radius 3 is 2.46 bits per heavy atom. The lowest BCUT2D eigenvalue weighted by molar-refractivity contribution is -0.139. The number of ether oxygens (including phenoxy) is 3. The Balaban J connectivity index is 1.83. The zero-order chi connectivity index (χ0) is 18.7. The third kappa shape index (κ3) is 3.47. The van der Waals surface area contributed by atoms with Gasteiger partial charge in [-0.05, 0) is 25.3 Å². The fraction of sp³-hybridized carbons (Fsp3) is 0.650. The van der Waals surface area contributed by atoms with Crippen LogP contribution in [-0.2, 0) is 11.3 Å². The molecule has 0 aliphatic carbocycles. The van der Waals surface area contributed by atoms with E-state index < -0.39 is 0 Å². The van der Waals surface area contributed by atoms with Crippen LogP contribution in [0.4, 0.5) is 0 Å². The second kappa shape index (κ2) is 8.16. The van der Waals surface area contributed by atoms with Crippen LogP contribution in [0.25, 0.3) is 0 Å². The minimum absolute atomic E-state index is 0.117. The van der Waals surface area contributed by atoms with Crippen molar-refractivity contribution in [3.05, 3.63) is 17.7 Å². The third-order valence-electron chi connectivity index (χ3n) is 5.51. The molecule has 26 heavy (non-hydrogen) atoms. The van der Waals surface area contributed by atoms with Crippen LogP contribution in [0.1, 0.15) is 31.7 Å². The molecule has 0 N–H and O–H groups in total. The molecule has 4 rings (SSSR count). The first kappa shape index (κ1) is 18.8. The Morgan fingerprint density at radius 1 is 1.04 bits per heavy atom. The van der Waals surface area contributed by atoms with Crippen LogP contribution in [0.5, 0.6) is 17.2 Å². The highest BCUT2D eigenvalue weighted by Gasteiger charge is 2.40. The minimum atomic E-state index is 0.117. The van der Waals surface area contributed by atoms with Gasteiger partial charge in [0.2, 0.25) is 11.7 Å². The lowest BCUT2D eigenvalue weighted by atomic mass is 9.94. The van der Waals surface area contributed by atoms with Crippen molar-refractivity contribution >= 4 is 5.91 Å². The summed E-state index contributed by atoms with van der Waals surface area (Å²) in [6.07, 6.45) is 3.12. The number of benzene rings is 1. The van der Waals surface area contributed by atoms with Gasteiger partial charge in [-0.2, -0.15) is 0 Å². The SMILES string of the molecule is CCCN1C(=O)[C@@H]2CC[C@H]1CN(Cc1ccc(OC)c(OC)c1OC)C2. The molecule has 2 atom stereocenters. The maximum atomic E-state index is 12.7. The largest absolute Gasteiger partial charge is 0.493 e. The zero-order valence-corrected chi connectivity index (χ0v) is 16.3. The molecule has 1 aromatic rings. The first-order chi connectivity index (χ1) is 12.6. The number of nitrogens with zero attached hydrogens (tertiary/aromatic N) is 2. The van der Waals surface area contributed by atoms with Gasteiger partial charge >= 0.3 is 0 Å². The van der Waals surface area contributed by atoms with Crippen molar-refractivity contribution < 1.29 is 19.0 Å². The monoisotopic (exact) mass is 362 g/mol. The van der Waals surface area contributed by atoms with Gasteiger partial charge in [-0.15, -0.1) is 0 Å². The summed E-state index contributed by atoms with van der Waals surface area (Å²) in [5.41, 5.74) is 1.06. The molecular formula is C20H30N2O4. The van der Waals surface area contributed by atoms with Gasteiger partial charge in [0.25, 0.3) is 0 Å². The summed E-state index contributed by atoms with van der Waals surface area (Å²) in [7, 11) is 4.90. The lowest BCUT2D eigenvalue weighted by Crippen LogP contribution is -2.48. The summed E-state index contributed by atoms with van der Waals surface area (Å²) >= 11 is 0. The number of piperidine rings is 1. The van der Waals surface area contributed by atoms with Gasteiger partial charge in [-0.1, -0.05) is 13.0 Å². The maximum Gasteiger partial charge on any atom is 0.227 e. The standard InChI is InChI=1S/C20H30N2O4/c1-5-10-22-16-8-6-15(20(22)23)12-21(13-16)11-14-7-9-17(24-2)19(26-4)18(14)25-3/h7,9,15-16H,5-6,8,10-13H2,1-4H3/t15-,16+/m1/s1. The van der Waals surface area contributed by atoms with E-state index >= 15 is 0 Å². The fourth-order valence-electron chi connectivity index (χ4n) is 4.32. The Kier molecular flexibility index (Phi) is 5.91. The van der Waals surface area contributed by atoms with Crippen LogP contribution < -0.4 is 14.2 Å². The quantitative estimate of drug-likeness (QED) is 0.746. The van der Waals surface area contributed by atoms with Gasteiger partial charge in [-0.25, -0.2) is 0 Å². The maximum absolute atomic E-state index is 12.7. The second-order valence-corrected chi connectivity index (χ2v) is 7.15. The van der Waals surface area contributed by atoms with Gasteiger partial charge < -0.3 is 19.1 Å². The predicted molar refractivity (Wildman–Crippen MR) is 99.9 cm³/mol. The fourth-order valence-corrected chi connectivity index (χ4v) is 4.32. The van der Waals surface area contributed by atoms with Crippen molar-refractivity contribution in [3.8, 4) is 17.2 Å². The van der Waals surface area contributed by atoms with Crippen LogP contribution in [0, 0.1) is 5.92 Å². The van der Waals surface area contributed by atoms with Crippen LogP contribution >= 0.6 is 0 Å². The van der Waals surface area contributed by atoms with Gasteiger partial charge in [-0.3, -0.25) is 9.69 Å². The number of hydrogen-bond acceptors (Lipinski definition) is 5. The molecular weight excluding hydrogens is 332 g/mol. The molecule has 3 aliphatic heterocycles. The Labute approximate surface area is 156 Å². The van der Waals surface area contributed by atoms with Gasteiger partial charge in [0.1, 0.15) is 0 Å². The van der Waals surface area contributed by atoms with E-state index in [0.29, 0.717) is 29.2 Å². The van der Waals surface area contributed by atoms with E-state index in [1.807, 2.05) is 12.1 Å². The average Bonchev–Trinajstić information content (AvgIpc) is 2.92. The van der Waals surface area contributed by atoms with Crippen molar-refractivity contribution in [2.45, 2.75) is 38.8 Å². The molecule has 2 bridgehead atoms. The molecule has 3 aliphatic rings. The summed E-state index contributed by atoms with van der Waals surface area (Å²) in [5, 5.41) is 0. The van der Waals surface area contributed by atoms with Crippen LogP contribution in [0.3, 0.4) is 0 Å². The van der Waals surface area contributed by atoms with E-state index in [-0.39, 0.29) is 5.92 Å². The van der Waals surface area contributed by atoms with E-state index in [1.54, 1.807) is 21.3 Å². The summed E-state index contributed by atoms with van der Waals surface area (Å²) in [6.45, 7) is 5.47. The normalized spacial score (nSPS) is 23.1. The highest BCUT2D eigenvalue weighted by molar-refractivity contribution is 5.80. The zero-order valence-electron chi connectivity index (χ0n) is 16.3. The van der Waals surface area contributed by atoms with E-state index in [2.05, 4.69) is 16.7 Å². The average molecular weight is 362 g/mol. The Morgan fingerprint density at radius 2 is 1.81 bits per heavy atom. The van der Waals surface area contributed by atoms with Crippen molar-refractivity contribution in [1.29, 1.82) is 0 Å². The molecule has 0 unspecified atom stereocenters. The molecule has 6 nitrogen and oxygen atoms in total. The first-order valence-electron chi connectivity index (χ1n) is 9.43. The Bertz CT molecular complexity index is 649. The van der Waals surface area contributed by atoms with Crippen LogP contribution in [0.15, 0.2) is 12.1 Å². The highest BCUT2D eigenvalue weighted by Crippen LogP contribution is 2.40. The minimum Gasteiger partial charge on any atom is -0.493 e. The van der Waals surface area contributed by atoms with Crippen LogP contribution in [0.2, 0.25) is 0 Å². The molecule has 0 aromatic heterocycles. The molecule has 1 amide bonds. The number of amides is 1. The van der Waals surface area contributed by atoms with E-state index in [9.17, 15) is 4.79 Å². The van der Waals surface area contributed by atoms with Crippen molar-refractivity contribution in [1.82, 2.24) is 9.80 Å². The summed E-state index contributed by atoms with van der Waals surface area (Å²) in [6, 6.07) is 4.27. The Hall–Kier alpha value is -1.95. The molecule has 0 radical (unpaired) electrons. The molecule has 3 heterocycles. The third-order valence-corrected chi connectivity index (χ3v) is 5.51. The molecule has 3 saturated heterocycles. The van der Waals surface area contributed by atoms with E-state index in [4.69, 9.17) is 14.2 Å². The summed E-state index contributed by atoms with van der Waals surface area (Å²) in [4.78, 5) is 17.2. The molecule has 144 valence electrons. The number of fused-ring (bicyclic) bond motifs is 4. The predicted octanol–water partition coefficient (Wildman–Crippen LogP) is 2.55. The van der Waals surface area contributed by atoms with E-state index in [0.717, 1.165) is 51.0 Å². The number of carbonyl (C=O) groups is 1. The number of hydrogen-bond donors (Lipinski definition) is 0. The van der Waals surface area contributed by atoms with Crippen molar-refractivity contribution in [2.75, 3.05) is 41.0 Å². The summed E-state index contributed by atoms with van der Waals surface area (Å²) < 4.78 is 16.5. The molecule has 3 fully saturated rings. The second-order valence-electron chi connectivity index (χ2n) is 7.15. The molecule has 0 saturated carbocycles. The first-order valence-corrected chi connectivity index (χ1v) is 9.43. The topological polar surface area (TPSA) is 51.2 Å². The van der Waals surface area contributed by atoms with Gasteiger partial charge in [0.15, 0.2) is 11.5 Å². The molecule has 0 spiro atoms. The lowest BCUT2D eigenvalue weighted by Gasteiger charge is -2.35. The highest BCUT2D eigenvalue weighted by atomic mass is 16.5. The number of rotatable bonds is 7. The van der Waals surface area contributed by atoms with Crippen molar-refractivity contribution in [2.24, 2.45) is 5.92 Å². The van der Waals surface area contributed by atoms with Crippen LogP contribution in [-0.4, -0.2) is 62.7 Å². The molecule has 6 heteroatoms. The molecule has 1 aromatic carbocycles.